The Labute approximate surface area is 189 Å². The maximum atomic E-state index is 12.7. The topological polar surface area (TPSA) is 124 Å². The number of H-pyrrole nitrogens is 1. The zero-order valence-electron chi connectivity index (χ0n) is 18.4. The van der Waals surface area contributed by atoms with Crippen LogP contribution in [0.1, 0.15) is 18.2 Å². The van der Waals surface area contributed by atoms with E-state index < -0.39 is 5.91 Å². The largest absolute Gasteiger partial charge is 0.493 e. The number of hydrogen-bond donors (Lipinski definition) is 2. The number of aryl methyl sites for hydroxylation is 1. The molecule has 0 radical (unpaired) electrons. The van der Waals surface area contributed by atoms with Gasteiger partial charge in [0.25, 0.3) is 11.5 Å². The molecule has 10 nitrogen and oxygen atoms in total. The second-order valence-electron chi connectivity index (χ2n) is 7.10. The number of furan rings is 1. The smallest absolute Gasteiger partial charge is 0.263 e. The highest BCUT2D eigenvalue weighted by Gasteiger charge is 2.18. The van der Waals surface area contributed by atoms with Crippen molar-refractivity contribution < 1.29 is 18.7 Å². The van der Waals surface area contributed by atoms with E-state index in [0.29, 0.717) is 46.4 Å². The van der Waals surface area contributed by atoms with Gasteiger partial charge in [-0.15, -0.1) is 0 Å². The molecule has 3 heterocycles. The molecule has 4 aromatic rings. The number of hydrogen-bond acceptors (Lipinski definition) is 7. The first-order chi connectivity index (χ1) is 16.0. The fourth-order valence-electron chi connectivity index (χ4n) is 3.35. The van der Waals surface area contributed by atoms with Crippen LogP contribution < -0.4 is 20.3 Å². The monoisotopic (exact) mass is 449 g/mol. The third kappa shape index (κ3) is 4.64. The number of aromatic nitrogens is 4. The summed E-state index contributed by atoms with van der Waals surface area (Å²) in [4.78, 5) is 32.3. The summed E-state index contributed by atoms with van der Waals surface area (Å²) in [7, 11) is 1.52. The van der Waals surface area contributed by atoms with Crippen LogP contribution in [0.4, 0.5) is 5.82 Å². The number of rotatable bonds is 8. The van der Waals surface area contributed by atoms with Gasteiger partial charge >= 0.3 is 0 Å². The zero-order chi connectivity index (χ0) is 23.4. The number of carbonyl (C=O) groups is 1. The van der Waals surface area contributed by atoms with Gasteiger partial charge in [0.1, 0.15) is 11.5 Å². The minimum atomic E-state index is -0.433. The lowest BCUT2D eigenvalue weighted by Crippen LogP contribution is -2.24. The summed E-state index contributed by atoms with van der Waals surface area (Å²) in [6, 6.07) is 12.1. The van der Waals surface area contributed by atoms with E-state index in [4.69, 9.17) is 13.9 Å². The number of benzene rings is 1. The van der Waals surface area contributed by atoms with E-state index in [9.17, 15) is 9.59 Å². The first-order valence-electron chi connectivity index (χ1n) is 10.3. The Morgan fingerprint density at radius 1 is 1.21 bits per heavy atom. The van der Waals surface area contributed by atoms with Crippen molar-refractivity contribution >= 4 is 11.7 Å². The van der Waals surface area contributed by atoms with Gasteiger partial charge in [0.2, 0.25) is 5.95 Å². The predicted molar refractivity (Wildman–Crippen MR) is 121 cm³/mol. The lowest BCUT2D eigenvalue weighted by Gasteiger charge is -2.11. The Morgan fingerprint density at radius 2 is 2.00 bits per heavy atom. The van der Waals surface area contributed by atoms with Crippen molar-refractivity contribution in [1.82, 2.24) is 19.7 Å². The van der Waals surface area contributed by atoms with Gasteiger partial charge in [-0.3, -0.25) is 14.6 Å². The van der Waals surface area contributed by atoms with Crippen molar-refractivity contribution in [3.63, 3.8) is 0 Å². The standard InChI is InChI=1S/C23H23N5O5/c1-4-15-14(2)24-23(26-22(15)30)28-20(12-16(27-28)17-10-7-11-32-17)25-21(29)13-33-19-9-6-5-8-18(19)31-3/h5-12H,4,13H2,1-3H3,(H,25,29)(H,24,26,30). The van der Waals surface area contributed by atoms with Crippen LogP contribution in [0.25, 0.3) is 17.4 Å². The van der Waals surface area contributed by atoms with Crippen LogP contribution in [-0.2, 0) is 11.2 Å². The van der Waals surface area contributed by atoms with Crippen molar-refractivity contribution in [3.8, 4) is 28.9 Å². The molecule has 2 N–H and O–H groups in total. The van der Waals surface area contributed by atoms with Gasteiger partial charge in [-0.2, -0.15) is 9.78 Å². The van der Waals surface area contributed by atoms with Crippen molar-refractivity contribution in [3.05, 3.63) is 70.3 Å². The van der Waals surface area contributed by atoms with Crippen molar-refractivity contribution in [1.29, 1.82) is 0 Å². The molecule has 0 bridgehead atoms. The molecule has 0 unspecified atom stereocenters. The normalized spacial score (nSPS) is 10.8. The van der Waals surface area contributed by atoms with E-state index in [1.54, 1.807) is 49.4 Å². The fraction of sp³-hybridized carbons (Fsp3) is 0.217. The summed E-state index contributed by atoms with van der Waals surface area (Å²) in [6.45, 7) is 3.38. The SMILES string of the molecule is CCc1c(C)nc(-n2nc(-c3ccco3)cc2NC(=O)COc2ccccc2OC)[nH]c1=O. The van der Waals surface area contributed by atoms with Gasteiger partial charge in [0.05, 0.1) is 13.4 Å². The number of anilines is 1. The number of aromatic amines is 1. The molecule has 0 spiro atoms. The predicted octanol–water partition coefficient (Wildman–Crippen LogP) is 3.11. The van der Waals surface area contributed by atoms with Gasteiger partial charge in [0.15, 0.2) is 23.9 Å². The van der Waals surface area contributed by atoms with E-state index in [-0.39, 0.29) is 18.1 Å². The molecule has 10 heteroatoms. The second kappa shape index (κ2) is 9.43. The highest BCUT2D eigenvalue weighted by Crippen LogP contribution is 2.26. The summed E-state index contributed by atoms with van der Waals surface area (Å²) in [6.07, 6.45) is 2.07. The summed E-state index contributed by atoms with van der Waals surface area (Å²) in [5.74, 6) is 1.49. The summed E-state index contributed by atoms with van der Waals surface area (Å²) >= 11 is 0. The Balaban J connectivity index is 1.63. The number of nitrogens with one attached hydrogen (secondary N) is 2. The summed E-state index contributed by atoms with van der Waals surface area (Å²) in [5, 5.41) is 7.23. The third-order valence-corrected chi connectivity index (χ3v) is 4.94. The first kappa shape index (κ1) is 21.9. The van der Waals surface area contributed by atoms with E-state index in [1.807, 2.05) is 6.92 Å². The van der Waals surface area contributed by atoms with Crippen molar-refractivity contribution in [2.24, 2.45) is 0 Å². The van der Waals surface area contributed by atoms with Crippen LogP contribution in [0.15, 0.2) is 57.9 Å². The number of carbonyl (C=O) groups excluding carboxylic acids is 1. The van der Waals surface area contributed by atoms with Gasteiger partial charge in [-0.25, -0.2) is 4.98 Å². The molecule has 33 heavy (non-hydrogen) atoms. The molecule has 0 fully saturated rings. The van der Waals surface area contributed by atoms with Crippen LogP contribution in [0.5, 0.6) is 11.5 Å². The fourth-order valence-corrected chi connectivity index (χ4v) is 3.35. The van der Waals surface area contributed by atoms with Gasteiger partial charge in [-0.1, -0.05) is 19.1 Å². The Hall–Kier alpha value is -4.34. The van der Waals surface area contributed by atoms with Gasteiger partial charge < -0.3 is 19.2 Å². The summed E-state index contributed by atoms with van der Waals surface area (Å²) < 4.78 is 17.6. The minimum Gasteiger partial charge on any atom is -0.493 e. The molecule has 0 aliphatic heterocycles. The average Bonchev–Trinajstić information content (AvgIpc) is 3.48. The van der Waals surface area contributed by atoms with E-state index in [2.05, 4.69) is 20.4 Å². The Kier molecular flexibility index (Phi) is 6.25. The lowest BCUT2D eigenvalue weighted by atomic mass is 10.2. The average molecular weight is 449 g/mol. The van der Waals surface area contributed by atoms with E-state index in [0.717, 1.165) is 0 Å². The van der Waals surface area contributed by atoms with Crippen molar-refractivity contribution in [2.45, 2.75) is 20.3 Å². The molecule has 0 saturated heterocycles. The number of ether oxygens (including phenoxy) is 2. The van der Waals surface area contributed by atoms with Gasteiger partial charge in [0, 0.05) is 17.3 Å². The lowest BCUT2D eigenvalue weighted by molar-refractivity contribution is -0.118. The minimum absolute atomic E-state index is 0.174. The van der Waals surface area contributed by atoms with Gasteiger partial charge in [-0.05, 0) is 37.6 Å². The number of amides is 1. The molecule has 170 valence electrons. The van der Waals surface area contributed by atoms with Crippen LogP contribution in [-0.4, -0.2) is 39.4 Å². The van der Waals surface area contributed by atoms with Crippen LogP contribution >= 0.6 is 0 Å². The Morgan fingerprint density at radius 3 is 2.67 bits per heavy atom. The second-order valence-corrected chi connectivity index (χ2v) is 7.10. The van der Waals surface area contributed by atoms with Crippen LogP contribution in [0.2, 0.25) is 0 Å². The molecular weight excluding hydrogens is 426 g/mol. The van der Waals surface area contributed by atoms with Crippen molar-refractivity contribution in [2.75, 3.05) is 19.0 Å². The molecule has 4 rings (SSSR count). The molecule has 1 aromatic carbocycles. The quantitative estimate of drug-likeness (QED) is 0.423. The molecule has 1 amide bonds. The molecular formula is C23H23N5O5. The highest BCUT2D eigenvalue weighted by atomic mass is 16.5. The first-order valence-corrected chi connectivity index (χ1v) is 10.3. The van der Waals surface area contributed by atoms with E-state index in [1.165, 1.54) is 18.1 Å². The molecule has 0 atom stereocenters. The Bertz CT molecular complexity index is 1320. The molecule has 0 aliphatic carbocycles. The summed E-state index contributed by atoms with van der Waals surface area (Å²) in [5.41, 5.74) is 1.38. The zero-order valence-corrected chi connectivity index (χ0v) is 18.4. The van der Waals surface area contributed by atoms with Crippen LogP contribution in [0, 0.1) is 6.92 Å². The van der Waals surface area contributed by atoms with E-state index >= 15 is 0 Å². The number of methoxy groups -OCH3 is 1. The maximum absolute atomic E-state index is 12.7. The molecule has 3 aromatic heterocycles. The number of para-hydroxylation sites is 2. The number of nitrogens with zero attached hydrogens (tertiary/aromatic N) is 3. The highest BCUT2D eigenvalue weighted by molar-refractivity contribution is 5.91. The third-order valence-electron chi connectivity index (χ3n) is 4.94. The molecule has 0 saturated carbocycles. The molecule has 0 aliphatic rings. The maximum Gasteiger partial charge on any atom is 0.263 e. The van der Waals surface area contributed by atoms with Crippen LogP contribution in [0.3, 0.4) is 0 Å².